The quantitative estimate of drug-likeness (QED) is 0.274. The smallest absolute Gasteiger partial charge is 0.292 e. The lowest BCUT2D eigenvalue weighted by atomic mass is 10.0. The molecule has 0 unspecified atom stereocenters. The molecule has 0 spiro atoms. The van der Waals surface area contributed by atoms with Crippen LogP contribution >= 0.6 is 11.3 Å². The van der Waals surface area contributed by atoms with E-state index in [2.05, 4.69) is 15.1 Å². The summed E-state index contributed by atoms with van der Waals surface area (Å²) in [5.41, 5.74) is 3.87. The first-order valence-corrected chi connectivity index (χ1v) is 11.1. The Kier molecular flexibility index (Phi) is 5.54. The summed E-state index contributed by atoms with van der Waals surface area (Å²) >= 11 is 1.30. The second-order valence-corrected chi connectivity index (χ2v) is 8.05. The zero-order valence-electron chi connectivity index (χ0n) is 17.9. The van der Waals surface area contributed by atoms with Crippen molar-refractivity contribution in [3.63, 3.8) is 0 Å². The molecular formula is C24H19N5O3S. The van der Waals surface area contributed by atoms with Crippen LogP contribution in [0.5, 0.6) is 5.75 Å². The molecule has 33 heavy (non-hydrogen) atoms. The number of ether oxygens (including phenoxy) is 2. The van der Waals surface area contributed by atoms with E-state index in [1.165, 1.54) is 28.7 Å². The van der Waals surface area contributed by atoms with Gasteiger partial charge in [-0.3, -0.25) is 9.78 Å². The van der Waals surface area contributed by atoms with Crippen molar-refractivity contribution in [1.82, 2.24) is 19.6 Å². The third-order valence-electron chi connectivity index (χ3n) is 5.11. The molecule has 0 bridgehead atoms. The molecule has 0 saturated carbocycles. The van der Waals surface area contributed by atoms with Gasteiger partial charge < -0.3 is 9.47 Å². The number of fused-ring (bicyclic) bond motifs is 3. The Bertz CT molecular complexity index is 1530. The first-order valence-electron chi connectivity index (χ1n) is 10.2. The summed E-state index contributed by atoms with van der Waals surface area (Å²) in [5, 5.41) is 4.86. The van der Waals surface area contributed by atoms with Crippen LogP contribution in [0.15, 0.2) is 71.1 Å². The van der Waals surface area contributed by atoms with Gasteiger partial charge in [0.15, 0.2) is 6.40 Å². The second-order valence-electron chi connectivity index (χ2n) is 7.06. The highest BCUT2D eigenvalue weighted by Crippen LogP contribution is 2.39. The molecule has 164 valence electrons. The SMILES string of the molecule is CCO/C=N/n1cnc2c(sc3nc(-c4cccnc4)cc(-c4ccc(OC)cc4)c32)c1=O. The van der Waals surface area contributed by atoms with Crippen molar-refractivity contribution in [3.05, 3.63) is 71.5 Å². The van der Waals surface area contributed by atoms with Crippen molar-refractivity contribution in [1.29, 1.82) is 0 Å². The molecule has 0 aliphatic heterocycles. The van der Waals surface area contributed by atoms with Gasteiger partial charge in [0.05, 0.1) is 24.9 Å². The fourth-order valence-electron chi connectivity index (χ4n) is 3.52. The highest BCUT2D eigenvalue weighted by Gasteiger charge is 2.19. The minimum Gasteiger partial charge on any atom is -0.497 e. The van der Waals surface area contributed by atoms with Gasteiger partial charge in [-0.2, -0.15) is 4.68 Å². The first-order chi connectivity index (χ1) is 16.2. The first kappa shape index (κ1) is 20.8. The van der Waals surface area contributed by atoms with Crippen LogP contribution in [0.25, 0.3) is 42.8 Å². The van der Waals surface area contributed by atoms with E-state index in [-0.39, 0.29) is 5.56 Å². The van der Waals surface area contributed by atoms with Crippen LogP contribution in [-0.4, -0.2) is 39.7 Å². The molecule has 0 amide bonds. The van der Waals surface area contributed by atoms with Crippen LogP contribution in [0, 0.1) is 0 Å². The van der Waals surface area contributed by atoms with Gasteiger partial charge >= 0.3 is 0 Å². The van der Waals surface area contributed by atoms with Gasteiger partial charge in [-0.1, -0.05) is 12.1 Å². The van der Waals surface area contributed by atoms with Gasteiger partial charge in [-0.25, -0.2) is 9.97 Å². The van der Waals surface area contributed by atoms with Gasteiger partial charge in [0.25, 0.3) is 5.56 Å². The molecule has 0 fully saturated rings. The molecule has 8 nitrogen and oxygen atoms in total. The van der Waals surface area contributed by atoms with E-state index in [0.29, 0.717) is 21.7 Å². The van der Waals surface area contributed by atoms with E-state index < -0.39 is 0 Å². The minimum absolute atomic E-state index is 0.275. The predicted octanol–water partition coefficient (Wildman–Crippen LogP) is 4.57. The molecule has 5 aromatic rings. The number of thiophene rings is 1. The standard InChI is InChI=1S/C24H19N5O3S/c1-3-32-14-27-29-13-26-21-20-18(15-6-8-17(31-2)9-7-15)11-19(16-5-4-10-25-12-16)28-23(20)33-22(21)24(29)30/h4-14H,3H2,1-2H3/b27-14+. The highest BCUT2D eigenvalue weighted by molar-refractivity contribution is 7.25. The van der Waals surface area contributed by atoms with Crippen LogP contribution in [0.4, 0.5) is 0 Å². The number of aromatic nitrogens is 4. The monoisotopic (exact) mass is 457 g/mol. The number of nitrogens with zero attached hydrogens (tertiary/aromatic N) is 5. The third-order valence-corrected chi connectivity index (χ3v) is 6.17. The summed E-state index contributed by atoms with van der Waals surface area (Å²) < 4.78 is 12.1. The molecular weight excluding hydrogens is 438 g/mol. The molecule has 1 aromatic carbocycles. The van der Waals surface area contributed by atoms with Gasteiger partial charge in [0.1, 0.15) is 21.6 Å². The molecule has 0 N–H and O–H groups in total. The summed E-state index contributed by atoms with van der Waals surface area (Å²) in [6, 6.07) is 13.6. The Morgan fingerprint density at radius 1 is 1.18 bits per heavy atom. The van der Waals surface area contributed by atoms with E-state index in [0.717, 1.165) is 33.5 Å². The van der Waals surface area contributed by atoms with Crippen molar-refractivity contribution in [2.45, 2.75) is 6.92 Å². The zero-order chi connectivity index (χ0) is 22.8. The lowest BCUT2D eigenvalue weighted by molar-refractivity contribution is 0.340. The number of rotatable bonds is 6. The Morgan fingerprint density at radius 3 is 2.76 bits per heavy atom. The Morgan fingerprint density at radius 2 is 2.03 bits per heavy atom. The lowest BCUT2D eigenvalue weighted by Crippen LogP contribution is -2.16. The topological polar surface area (TPSA) is 91.5 Å². The van der Waals surface area contributed by atoms with Crippen LogP contribution in [0.2, 0.25) is 0 Å². The lowest BCUT2D eigenvalue weighted by Gasteiger charge is -2.09. The fourth-order valence-corrected chi connectivity index (χ4v) is 4.60. The fraction of sp³-hybridized carbons (Fsp3) is 0.125. The van der Waals surface area contributed by atoms with Crippen molar-refractivity contribution in [2.24, 2.45) is 5.10 Å². The summed E-state index contributed by atoms with van der Waals surface area (Å²) in [5.74, 6) is 0.764. The van der Waals surface area contributed by atoms with Crippen LogP contribution in [-0.2, 0) is 4.74 Å². The van der Waals surface area contributed by atoms with Gasteiger partial charge in [0.2, 0.25) is 0 Å². The maximum atomic E-state index is 13.1. The highest BCUT2D eigenvalue weighted by atomic mass is 32.1. The van der Waals surface area contributed by atoms with Crippen molar-refractivity contribution in [2.75, 3.05) is 13.7 Å². The van der Waals surface area contributed by atoms with E-state index >= 15 is 0 Å². The van der Waals surface area contributed by atoms with Crippen LogP contribution in [0.1, 0.15) is 6.92 Å². The Balaban J connectivity index is 1.79. The van der Waals surface area contributed by atoms with Crippen LogP contribution < -0.4 is 10.3 Å². The van der Waals surface area contributed by atoms with Crippen molar-refractivity contribution < 1.29 is 9.47 Å². The molecule has 4 heterocycles. The average Bonchev–Trinajstić information content (AvgIpc) is 3.25. The third kappa shape index (κ3) is 3.83. The van der Waals surface area contributed by atoms with Crippen molar-refractivity contribution in [3.8, 4) is 28.1 Å². The summed E-state index contributed by atoms with van der Waals surface area (Å²) in [7, 11) is 1.63. The number of hydrogen-bond acceptors (Lipinski definition) is 8. The molecule has 0 saturated heterocycles. The Labute approximate surface area is 192 Å². The largest absolute Gasteiger partial charge is 0.497 e. The number of hydrogen-bond donors (Lipinski definition) is 0. The molecule has 5 rings (SSSR count). The number of benzene rings is 1. The van der Waals surface area contributed by atoms with Gasteiger partial charge in [0, 0.05) is 23.3 Å². The second kappa shape index (κ2) is 8.79. The summed E-state index contributed by atoms with van der Waals surface area (Å²) in [6.45, 7) is 2.30. The average molecular weight is 458 g/mol. The van der Waals surface area contributed by atoms with Crippen LogP contribution in [0.3, 0.4) is 0 Å². The van der Waals surface area contributed by atoms with E-state index in [1.807, 2.05) is 49.4 Å². The zero-order valence-corrected chi connectivity index (χ0v) is 18.7. The molecule has 0 radical (unpaired) electrons. The summed E-state index contributed by atoms with van der Waals surface area (Å²) in [4.78, 5) is 27.4. The molecule has 0 aliphatic carbocycles. The number of pyridine rings is 2. The molecule has 4 aromatic heterocycles. The minimum atomic E-state index is -0.275. The van der Waals surface area contributed by atoms with E-state index in [9.17, 15) is 4.79 Å². The predicted molar refractivity (Wildman–Crippen MR) is 130 cm³/mol. The van der Waals surface area contributed by atoms with E-state index in [1.54, 1.807) is 19.5 Å². The number of methoxy groups -OCH3 is 1. The molecule has 9 heteroatoms. The maximum Gasteiger partial charge on any atom is 0.292 e. The summed E-state index contributed by atoms with van der Waals surface area (Å²) in [6.07, 6.45) is 6.14. The van der Waals surface area contributed by atoms with Gasteiger partial charge in [-0.05, 0) is 48.4 Å². The molecule has 0 aliphatic rings. The maximum absolute atomic E-state index is 13.1. The Hall–Kier alpha value is -4.11. The van der Waals surface area contributed by atoms with Crippen molar-refractivity contribution >= 4 is 38.2 Å². The van der Waals surface area contributed by atoms with Gasteiger partial charge in [-0.15, -0.1) is 16.4 Å². The van der Waals surface area contributed by atoms with E-state index in [4.69, 9.17) is 14.5 Å². The normalized spacial score (nSPS) is 11.5. The molecule has 0 atom stereocenters.